The predicted octanol–water partition coefficient (Wildman–Crippen LogP) is 4.10. The zero-order valence-electron chi connectivity index (χ0n) is 18.9. The van der Waals surface area contributed by atoms with Gasteiger partial charge in [0.1, 0.15) is 0 Å². The zero-order valence-corrected chi connectivity index (χ0v) is 20.5. The molecular weight excluding hydrogens is 470 g/mol. The number of carbonyl (C=O) groups excluding carboxylic acids is 2. The summed E-state index contributed by atoms with van der Waals surface area (Å²) in [4.78, 5) is 25.3. The lowest BCUT2D eigenvalue weighted by Gasteiger charge is -2.11. The van der Waals surface area contributed by atoms with Gasteiger partial charge in [0, 0.05) is 19.7 Å². The van der Waals surface area contributed by atoms with Crippen LogP contribution in [0, 0.1) is 6.92 Å². The van der Waals surface area contributed by atoms with Crippen LogP contribution in [0.4, 0.5) is 10.8 Å². The molecule has 0 spiro atoms. The van der Waals surface area contributed by atoms with Gasteiger partial charge in [0.15, 0.2) is 4.34 Å². The van der Waals surface area contributed by atoms with Crippen molar-refractivity contribution in [3.63, 3.8) is 0 Å². The van der Waals surface area contributed by atoms with Gasteiger partial charge in [-0.15, -0.1) is 10.2 Å². The number of nitrogens with zero attached hydrogens (tertiary/aromatic N) is 2. The second kappa shape index (κ2) is 12.0. The molecule has 4 rings (SSSR count). The number of para-hydroxylation sites is 1. The molecule has 3 aromatic rings. The molecule has 8 nitrogen and oxygen atoms in total. The smallest absolute Gasteiger partial charge is 0.253 e. The Morgan fingerprint density at radius 2 is 1.97 bits per heavy atom. The van der Waals surface area contributed by atoms with Crippen LogP contribution in [0.3, 0.4) is 0 Å². The molecule has 0 saturated carbocycles. The van der Waals surface area contributed by atoms with E-state index in [4.69, 9.17) is 4.74 Å². The molecule has 34 heavy (non-hydrogen) atoms. The SMILES string of the molecule is Cc1ccc(CNC(=O)c2ccccc2NC(=O)CSc2nnc(NCC3CCCO3)s2)cc1. The molecule has 0 aliphatic carbocycles. The maximum absolute atomic E-state index is 12.7. The van der Waals surface area contributed by atoms with Gasteiger partial charge in [0.2, 0.25) is 11.0 Å². The first kappa shape index (κ1) is 24.2. The minimum Gasteiger partial charge on any atom is -0.376 e. The molecule has 2 aromatic carbocycles. The summed E-state index contributed by atoms with van der Waals surface area (Å²) in [6, 6.07) is 15.0. The maximum Gasteiger partial charge on any atom is 0.253 e. The predicted molar refractivity (Wildman–Crippen MR) is 136 cm³/mol. The van der Waals surface area contributed by atoms with E-state index in [1.54, 1.807) is 24.3 Å². The molecule has 1 unspecified atom stereocenters. The van der Waals surface area contributed by atoms with E-state index in [9.17, 15) is 9.59 Å². The molecule has 1 aromatic heterocycles. The van der Waals surface area contributed by atoms with E-state index in [1.165, 1.54) is 28.7 Å². The molecule has 178 valence electrons. The number of hydrogen-bond donors (Lipinski definition) is 3. The molecular formula is C24H27N5O3S2. The fraction of sp³-hybridized carbons (Fsp3) is 0.333. The van der Waals surface area contributed by atoms with Crippen LogP contribution in [0.25, 0.3) is 0 Å². The highest BCUT2D eigenvalue weighted by Gasteiger charge is 2.17. The average Bonchev–Trinajstić information content (AvgIpc) is 3.53. The largest absolute Gasteiger partial charge is 0.376 e. The van der Waals surface area contributed by atoms with Crippen LogP contribution in [0.5, 0.6) is 0 Å². The summed E-state index contributed by atoms with van der Waals surface area (Å²) in [7, 11) is 0. The van der Waals surface area contributed by atoms with Crippen molar-refractivity contribution >= 4 is 45.7 Å². The zero-order chi connectivity index (χ0) is 23.8. The van der Waals surface area contributed by atoms with Gasteiger partial charge in [-0.2, -0.15) is 0 Å². The van der Waals surface area contributed by atoms with E-state index in [2.05, 4.69) is 26.1 Å². The summed E-state index contributed by atoms with van der Waals surface area (Å²) in [5, 5.41) is 18.0. The fourth-order valence-electron chi connectivity index (χ4n) is 3.43. The van der Waals surface area contributed by atoms with Gasteiger partial charge >= 0.3 is 0 Å². The quantitative estimate of drug-likeness (QED) is 0.362. The number of hydrogen-bond acceptors (Lipinski definition) is 8. The molecule has 1 saturated heterocycles. The number of carbonyl (C=O) groups is 2. The summed E-state index contributed by atoms with van der Waals surface area (Å²) >= 11 is 2.72. The van der Waals surface area contributed by atoms with E-state index in [0.29, 0.717) is 33.8 Å². The van der Waals surface area contributed by atoms with Crippen LogP contribution < -0.4 is 16.0 Å². The Hall–Kier alpha value is -2.95. The third-order valence-electron chi connectivity index (χ3n) is 5.26. The number of nitrogens with one attached hydrogen (secondary N) is 3. The van der Waals surface area contributed by atoms with Crippen molar-refractivity contribution in [3.8, 4) is 0 Å². The molecule has 3 N–H and O–H groups in total. The minimum absolute atomic E-state index is 0.166. The van der Waals surface area contributed by atoms with Gasteiger partial charge in [0.05, 0.1) is 23.1 Å². The Kier molecular flexibility index (Phi) is 8.51. The normalized spacial score (nSPS) is 15.1. The third kappa shape index (κ3) is 7.02. The van der Waals surface area contributed by atoms with Crippen LogP contribution in [-0.4, -0.2) is 47.0 Å². The second-order valence-electron chi connectivity index (χ2n) is 7.94. The van der Waals surface area contributed by atoms with Gasteiger partial charge in [-0.3, -0.25) is 9.59 Å². The molecule has 0 bridgehead atoms. The van der Waals surface area contributed by atoms with Crippen LogP contribution in [-0.2, 0) is 16.1 Å². The van der Waals surface area contributed by atoms with Gasteiger partial charge in [-0.25, -0.2) is 0 Å². The van der Waals surface area contributed by atoms with Crippen LogP contribution in [0.15, 0.2) is 52.9 Å². The molecule has 1 atom stereocenters. The van der Waals surface area contributed by atoms with Crippen molar-refractivity contribution in [2.75, 3.05) is 29.5 Å². The van der Waals surface area contributed by atoms with Crippen molar-refractivity contribution in [3.05, 3.63) is 65.2 Å². The van der Waals surface area contributed by atoms with Crippen molar-refractivity contribution in [2.24, 2.45) is 0 Å². The summed E-state index contributed by atoms with van der Waals surface area (Å²) in [6.45, 7) is 3.96. The highest BCUT2D eigenvalue weighted by molar-refractivity contribution is 8.01. The van der Waals surface area contributed by atoms with Crippen molar-refractivity contribution < 1.29 is 14.3 Å². The number of benzene rings is 2. The number of aryl methyl sites for hydroxylation is 1. The number of ether oxygens (including phenoxy) is 1. The summed E-state index contributed by atoms with van der Waals surface area (Å²) < 4.78 is 6.30. The molecule has 0 radical (unpaired) electrons. The van der Waals surface area contributed by atoms with Gasteiger partial charge in [0.25, 0.3) is 5.91 Å². The number of amides is 2. The number of anilines is 2. The van der Waals surface area contributed by atoms with Gasteiger partial charge in [-0.1, -0.05) is 65.1 Å². The molecule has 1 fully saturated rings. The Bertz CT molecular complexity index is 1110. The monoisotopic (exact) mass is 497 g/mol. The second-order valence-corrected chi connectivity index (χ2v) is 10.1. The standard InChI is InChI=1S/C24H27N5O3S2/c1-16-8-10-17(11-9-16)13-25-22(31)19-6-2-3-7-20(19)27-21(30)15-33-24-29-28-23(34-24)26-14-18-5-4-12-32-18/h2-3,6-11,18H,4-5,12-15H2,1H3,(H,25,31)(H,26,28)(H,27,30). The van der Waals surface area contributed by atoms with Gasteiger partial charge in [-0.05, 0) is 37.5 Å². The van der Waals surface area contributed by atoms with Crippen molar-refractivity contribution in [2.45, 2.75) is 36.8 Å². The average molecular weight is 498 g/mol. The summed E-state index contributed by atoms with van der Waals surface area (Å²) in [5.74, 6) is -0.289. The fourth-order valence-corrected chi connectivity index (χ4v) is 4.99. The highest BCUT2D eigenvalue weighted by atomic mass is 32.2. The first-order valence-corrected chi connectivity index (χ1v) is 12.9. The Labute approximate surface area is 206 Å². The molecule has 10 heteroatoms. The van der Waals surface area contributed by atoms with E-state index in [-0.39, 0.29) is 23.7 Å². The lowest BCUT2D eigenvalue weighted by atomic mass is 10.1. The first-order valence-electron chi connectivity index (χ1n) is 11.1. The Morgan fingerprint density at radius 1 is 1.15 bits per heavy atom. The molecule has 2 amide bonds. The molecule has 1 aliphatic rings. The lowest BCUT2D eigenvalue weighted by molar-refractivity contribution is -0.113. The van der Waals surface area contributed by atoms with E-state index < -0.39 is 0 Å². The third-order valence-corrected chi connectivity index (χ3v) is 7.27. The van der Waals surface area contributed by atoms with E-state index >= 15 is 0 Å². The van der Waals surface area contributed by atoms with Crippen LogP contribution in [0.2, 0.25) is 0 Å². The summed E-state index contributed by atoms with van der Waals surface area (Å²) in [6.07, 6.45) is 2.37. The maximum atomic E-state index is 12.7. The van der Waals surface area contributed by atoms with E-state index in [1.807, 2.05) is 31.2 Å². The first-order chi connectivity index (χ1) is 16.6. The van der Waals surface area contributed by atoms with Crippen molar-refractivity contribution in [1.29, 1.82) is 0 Å². The lowest BCUT2D eigenvalue weighted by Crippen LogP contribution is -2.25. The molecule has 2 heterocycles. The topological polar surface area (TPSA) is 105 Å². The number of aromatic nitrogens is 2. The Balaban J connectivity index is 1.26. The van der Waals surface area contributed by atoms with Gasteiger partial charge < -0.3 is 20.7 Å². The Morgan fingerprint density at radius 3 is 2.76 bits per heavy atom. The van der Waals surface area contributed by atoms with Crippen LogP contribution in [0.1, 0.15) is 34.3 Å². The molecule has 1 aliphatic heterocycles. The highest BCUT2D eigenvalue weighted by Crippen LogP contribution is 2.26. The van der Waals surface area contributed by atoms with E-state index in [0.717, 1.165) is 25.0 Å². The minimum atomic E-state index is -0.241. The number of rotatable bonds is 10. The number of thioether (sulfide) groups is 1. The summed E-state index contributed by atoms with van der Waals surface area (Å²) in [5.41, 5.74) is 3.08. The van der Waals surface area contributed by atoms with Crippen molar-refractivity contribution in [1.82, 2.24) is 15.5 Å². The van der Waals surface area contributed by atoms with Crippen LogP contribution >= 0.6 is 23.1 Å².